The van der Waals surface area contributed by atoms with E-state index in [4.69, 9.17) is 5.73 Å². The third kappa shape index (κ3) is 2.60. The Morgan fingerprint density at radius 1 is 1.47 bits per heavy atom. The quantitative estimate of drug-likeness (QED) is 0.844. The van der Waals surface area contributed by atoms with E-state index in [0.717, 1.165) is 10.9 Å². The average Bonchev–Trinajstić information content (AvgIpc) is 2.37. The molecule has 0 aliphatic heterocycles. The van der Waals surface area contributed by atoms with Gasteiger partial charge in [-0.25, -0.2) is 0 Å². The number of carbonyl (C=O) groups excluding carboxylic acids is 1. The van der Waals surface area contributed by atoms with Crippen LogP contribution >= 0.6 is 0 Å². The fourth-order valence-corrected chi connectivity index (χ4v) is 1.56. The molecule has 1 aromatic carbocycles. The molecule has 1 heterocycles. The van der Waals surface area contributed by atoms with Crippen molar-refractivity contribution in [1.82, 2.24) is 4.98 Å². The van der Waals surface area contributed by atoms with Crippen LogP contribution < -0.4 is 11.1 Å². The van der Waals surface area contributed by atoms with E-state index in [1.807, 2.05) is 37.3 Å². The molecule has 3 N–H and O–H groups in total. The average molecular weight is 229 g/mol. The van der Waals surface area contributed by atoms with E-state index in [2.05, 4.69) is 10.3 Å². The summed E-state index contributed by atoms with van der Waals surface area (Å²) in [5, 5.41) is 3.75. The standard InChI is InChI=1S/C13H15N3O/c1-2-11(14)13(17)16-10-7-9-5-3-4-6-12(9)15-8-10/h3-8,11H,2,14H2,1H3,(H,16,17)/t11-/m1/s1. The van der Waals surface area contributed by atoms with Crippen LogP contribution in [0.1, 0.15) is 13.3 Å². The first kappa shape index (κ1) is 11.5. The summed E-state index contributed by atoms with van der Waals surface area (Å²) >= 11 is 0. The minimum absolute atomic E-state index is 0.176. The lowest BCUT2D eigenvalue weighted by Gasteiger charge is -2.10. The predicted octanol–water partition coefficient (Wildman–Crippen LogP) is 1.91. The lowest BCUT2D eigenvalue weighted by atomic mass is 10.2. The molecule has 0 aliphatic carbocycles. The zero-order chi connectivity index (χ0) is 12.3. The lowest BCUT2D eigenvalue weighted by molar-refractivity contribution is -0.117. The molecule has 0 saturated carbocycles. The summed E-state index contributed by atoms with van der Waals surface area (Å²) in [6.07, 6.45) is 2.26. The third-order valence-electron chi connectivity index (χ3n) is 2.63. The van der Waals surface area contributed by atoms with Crippen molar-refractivity contribution < 1.29 is 4.79 Å². The summed E-state index contributed by atoms with van der Waals surface area (Å²) in [7, 11) is 0. The molecule has 2 rings (SSSR count). The van der Waals surface area contributed by atoms with Crippen LogP contribution in [0.15, 0.2) is 36.5 Å². The highest BCUT2D eigenvalue weighted by Crippen LogP contribution is 2.16. The fraction of sp³-hybridized carbons (Fsp3) is 0.231. The summed E-state index contributed by atoms with van der Waals surface area (Å²) in [5.41, 5.74) is 7.23. The molecular formula is C13H15N3O. The van der Waals surface area contributed by atoms with Crippen LogP contribution in [0.4, 0.5) is 5.69 Å². The largest absolute Gasteiger partial charge is 0.323 e. The highest BCUT2D eigenvalue weighted by Gasteiger charge is 2.11. The SMILES string of the molecule is CC[C@@H](N)C(=O)Nc1cnc2ccccc2c1. The molecule has 88 valence electrons. The molecule has 0 spiro atoms. The van der Waals surface area contributed by atoms with E-state index < -0.39 is 6.04 Å². The van der Waals surface area contributed by atoms with Gasteiger partial charge in [0.05, 0.1) is 23.4 Å². The van der Waals surface area contributed by atoms with Gasteiger partial charge in [-0.1, -0.05) is 25.1 Å². The second kappa shape index (κ2) is 4.93. The number of nitrogens with one attached hydrogen (secondary N) is 1. The second-order valence-electron chi connectivity index (χ2n) is 3.92. The molecule has 0 aliphatic rings. The van der Waals surface area contributed by atoms with Crippen molar-refractivity contribution in [2.75, 3.05) is 5.32 Å². The maximum absolute atomic E-state index is 11.6. The number of amides is 1. The first-order valence-electron chi connectivity index (χ1n) is 5.62. The highest BCUT2D eigenvalue weighted by molar-refractivity contribution is 5.96. The Hall–Kier alpha value is -1.94. The molecule has 0 fully saturated rings. The topological polar surface area (TPSA) is 68.0 Å². The van der Waals surface area contributed by atoms with Gasteiger partial charge in [-0.3, -0.25) is 9.78 Å². The summed E-state index contributed by atoms with van der Waals surface area (Å²) in [6.45, 7) is 1.88. The smallest absolute Gasteiger partial charge is 0.241 e. The molecule has 1 amide bonds. The summed E-state index contributed by atoms with van der Waals surface area (Å²) < 4.78 is 0. The molecule has 0 radical (unpaired) electrons. The van der Waals surface area contributed by atoms with Crippen LogP contribution in [0.5, 0.6) is 0 Å². The molecular weight excluding hydrogens is 214 g/mol. The zero-order valence-electron chi connectivity index (χ0n) is 9.68. The minimum atomic E-state index is -0.471. The van der Waals surface area contributed by atoms with Gasteiger partial charge in [0.25, 0.3) is 0 Å². The maximum Gasteiger partial charge on any atom is 0.241 e. The van der Waals surface area contributed by atoms with Gasteiger partial charge in [0.2, 0.25) is 5.91 Å². The number of carbonyl (C=O) groups is 1. The number of pyridine rings is 1. The number of fused-ring (bicyclic) bond motifs is 1. The van der Waals surface area contributed by atoms with Gasteiger partial charge in [0, 0.05) is 5.39 Å². The van der Waals surface area contributed by atoms with Crippen molar-refractivity contribution in [3.05, 3.63) is 36.5 Å². The lowest BCUT2D eigenvalue weighted by Crippen LogP contribution is -2.34. The number of rotatable bonds is 3. The highest BCUT2D eigenvalue weighted by atomic mass is 16.2. The van der Waals surface area contributed by atoms with Gasteiger partial charge in [-0.05, 0) is 18.6 Å². The third-order valence-corrected chi connectivity index (χ3v) is 2.63. The van der Waals surface area contributed by atoms with Crippen molar-refractivity contribution in [2.24, 2.45) is 5.73 Å². The van der Waals surface area contributed by atoms with Crippen LogP contribution in [0.2, 0.25) is 0 Å². The minimum Gasteiger partial charge on any atom is -0.323 e. The number of para-hydroxylation sites is 1. The van der Waals surface area contributed by atoms with E-state index >= 15 is 0 Å². The maximum atomic E-state index is 11.6. The number of benzene rings is 1. The van der Waals surface area contributed by atoms with Gasteiger partial charge in [-0.15, -0.1) is 0 Å². The van der Waals surface area contributed by atoms with Crippen molar-refractivity contribution in [1.29, 1.82) is 0 Å². The van der Waals surface area contributed by atoms with Gasteiger partial charge in [0.1, 0.15) is 0 Å². The monoisotopic (exact) mass is 229 g/mol. The molecule has 2 aromatic rings. The Balaban J connectivity index is 2.22. The molecule has 4 heteroatoms. The van der Waals surface area contributed by atoms with Crippen LogP contribution in [-0.4, -0.2) is 16.9 Å². The normalized spacial score (nSPS) is 12.4. The Bertz CT molecular complexity index is 539. The Morgan fingerprint density at radius 3 is 3.00 bits per heavy atom. The van der Waals surface area contributed by atoms with Crippen LogP contribution in [0, 0.1) is 0 Å². The number of hydrogen-bond acceptors (Lipinski definition) is 3. The molecule has 0 bridgehead atoms. The Kier molecular flexibility index (Phi) is 3.35. The molecule has 0 unspecified atom stereocenters. The van der Waals surface area contributed by atoms with Crippen molar-refractivity contribution >= 4 is 22.5 Å². The summed E-state index contributed by atoms with van der Waals surface area (Å²) in [4.78, 5) is 15.9. The Labute approximate surface area is 99.8 Å². The molecule has 17 heavy (non-hydrogen) atoms. The predicted molar refractivity (Wildman–Crippen MR) is 68.6 cm³/mol. The first-order valence-corrected chi connectivity index (χ1v) is 5.62. The van der Waals surface area contributed by atoms with Crippen molar-refractivity contribution in [3.8, 4) is 0 Å². The molecule has 1 aromatic heterocycles. The van der Waals surface area contributed by atoms with Gasteiger partial charge >= 0.3 is 0 Å². The van der Waals surface area contributed by atoms with Crippen LogP contribution in [0.3, 0.4) is 0 Å². The molecule has 0 saturated heterocycles. The summed E-state index contributed by atoms with van der Waals surface area (Å²) in [5.74, 6) is -0.176. The van der Waals surface area contributed by atoms with Gasteiger partial charge in [-0.2, -0.15) is 0 Å². The van der Waals surface area contributed by atoms with Crippen LogP contribution in [-0.2, 0) is 4.79 Å². The molecule has 1 atom stereocenters. The van der Waals surface area contributed by atoms with Gasteiger partial charge in [0.15, 0.2) is 0 Å². The fourth-order valence-electron chi connectivity index (χ4n) is 1.56. The van der Waals surface area contributed by atoms with Crippen molar-refractivity contribution in [3.63, 3.8) is 0 Å². The molecule has 4 nitrogen and oxygen atoms in total. The van der Waals surface area contributed by atoms with E-state index in [1.54, 1.807) is 6.20 Å². The summed E-state index contributed by atoms with van der Waals surface area (Å²) in [6, 6.07) is 9.18. The number of anilines is 1. The second-order valence-corrected chi connectivity index (χ2v) is 3.92. The van der Waals surface area contributed by atoms with Crippen LogP contribution in [0.25, 0.3) is 10.9 Å². The number of aromatic nitrogens is 1. The van der Waals surface area contributed by atoms with E-state index in [1.165, 1.54) is 0 Å². The van der Waals surface area contributed by atoms with E-state index in [0.29, 0.717) is 12.1 Å². The van der Waals surface area contributed by atoms with Crippen molar-refractivity contribution in [2.45, 2.75) is 19.4 Å². The number of nitrogens with two attached hydrogens (primary N) is 1. The van der Waals surface area contributed by atoms with E-state index in [9.17, 15) is 4.79 Å². The number of hydrogen-bond donors (Lipinski definition) is 2. The zero-order valence-corrected chi connectivity index (χ0v) is 9.68. The van der Waals surface area contributed by atoms with Gasteiger partial charge < -0.3 is 11.1 Å². The van der Waals surface area contributed by atoms with E-state index in [-0.39, 0.29) is 5.91 Å². The number of nitrogens with zero attached hydrogens (tertiary/aromatic N) is 1. The Morgan fingerprint density at radius 2 is 2.24 bits per heavy atom. The first-order chi connectivity index (χ1) is 8.20.